The summed E-state index contributed by atoms with van der Waals surface area (Å²) in [6.07, 6.45) is 2.48. The molecule has 0 radical (unpaired) electrons. The third kappa shape index (κ3) is 2.18. The van der Waals surface area contributed by atoms with Crippen molar-refractivity contribution in [2.75, 3.05) is 5.73 Å². The molecule has 3 rings (SSSR count). The summed E-state index contributed by atoms with van der Waals surface area (Å²) in [6.45, 7) is 5.76. The van der Waals surface area contributed by atoms with Crippen LogP contribution < -0.4 is 11.5 Å². The maximum absolute atomic E-state index is 11.9. The number of allylic oxidation sites excluding steroid dienone is 3. The van der Waals surface area contributed by atoms with Crippen LogP contribution in [-0.2, 0) is 0 Å². The van der Waals surface area contributed by atoms with Crippen LogP contribution in [0.3, 0.4) is 0 Å². The standard InChI is InChI=1S/C17H20N4O2/c1-8-4-7-12(22)10(3)14(8)21-15(18)13(16(19)23)11-6-5-9(2)20-17(11)21/h5-8,22H,4,18H2,1-3H3,(H2,19,23). The molecule has 2 aromatic heterocycles. The number of hydrogen-bond acceptors (Lipinski definition) is 4. The van der Waals surface area contributed by atoms with Gasteiger partial charge in [-0.05, 0) is 38.5 Å². The molecule has 5 N–H and O–H groups in total. The van der Waals surface area contributed by atoms with Crippen LogP contribution in [0.2, 0.25) is 0 Å². The fourth-order valence-corrected chi connectivity index (χ4v) is 3.22. The van der Waals surface area contributed by atoms with Crippen LogP contribution in [0.25, 0.3) is 16.7 Å². The minimum Gasteiger partial charge on any atom is -0.508 e. The SMILES string of the molecule is CC1=C(n2c(N)c(C(N)=O)c3ccc(C)nc32)C(C)CC=C1O. The molecule has 1 atom stereocenters. The van der Waals surface area contributed by atoms with E-state index in [2.05, 4.69) is 4.98 Å². The molecule has 0 aromatic carbocycles. The number of carbonyl (C=O) groups is 1. The van der Waals surface area contributed by atoms with Gasteiger partial charge < -0.3 is 16.6 Å². The van der Waals surface area contributed by atoms with E-state index < -0.39 is 5.91 Å². The molecular formula is C17H20N4O2. The second-order valence-corrected chi connectivity index (χ2v) is 6.02. The molecule has 0 saturated heterocycles. The maximum Gasteiger partial charge on any atom is 0.253 e. The van der Waals surface area contributed by atoms with E-state index in [0.717, 1.165) is 17.0 Å². The summed E-state index contributed by atoms with van der Waals surface area (Å²) < 4.78 is 1.76. The lowest BCUT2D eigenvalue weighted by Gasteiger charge is -2.24. The number of pyridine rings is 1. The molecule has 1 unspecified atom stereocenters. The van der Waals surface area contributed by atoms with Gasteiger partial charge in [-0.1, -0.05) is 6.92 Å². The highest BCUT2D eigenvalue weighted by molar-refractivity contribution is 6.11. The molecule has 6 heteroatoms. The number of nitrogens with two attached hydrogens (primary N) is 2. The number of carbonyl (C=O) groups excluding carboxylic acids is 1. The maximum atomic E-state index is 11.9. The normalized spacial score (nSPS) is 18.4. The number of fused-ring (bicyclic) bond motifs is 1. The predicted molar refractivity (Wildman–Crippen MR) is 90.8 cm³/mol. The van der Waals surface area contributed by atoms with Crippen LogP contribution in [0.5, 0.6) is 0 Å². The molecule has 2 aromatic rings. The van der Waals surface area contributed by atoms with E-state index in [1.54, 1.807) is 10.6 Å². The van der Waals surface area contributed by atoms with E-state index >= 15 is 0 Å². The minimum absolute atomic E-state index is 0.131. The number of aryl methyl sites for hydroxylation is 1. The highest BCUT2D eigenvalue weighted by atomic mass is 16.3. The van der Waals surface area contributed by atoms with Gasteiger partial charge in [-0.2, -0.15) is 0 Å². The van der Waals surface area contributed by atoms with E-state index in [1.807, 2.05) is 32.9 Å². The number of anilines is 1. The van der Waals surface area contributed by atoms with Gasteiger partial charge >= 0.3 is 0 Å². The third-order valence-electron chi connectivity index (χ3n) is 4.38. The van der Waals surface area contributed by atoms with Gasteiger partial charge in [0.15, 0.2) is 0 Å². The molecule has 1 amide bonds. The lowest BCUT2D eigenvalue weighted by atomic mass is 9.93. The van der Waals surface area contributed by atoms with Gasteiger partial charge in [0.1, 0.15) is 17.2 Å². The molecule has 2 heterocycles. The van der Waals surface area contributed by atoms with Gasteiger partial charge in [-0.3, -0.25) is 9.36 Å². The first kappa shape index (κ1) is 15.1. The molecule has 23 heavy (non-hydrogen) atoms. The molecule has 0 saturated carbocycles. The van der Waals surface area contributed by atoms with Crippen molar-refractivity contribution >= 4 is 28.5 Å². The Morgan fingerprint density at radius 1 is 1.39 bits per heavy atom. The summed E-state index contributed by atoms with van der Waals surface area (Å²) in [7, 11) is 0. The Kier molecular flexibility index (Phi) is 3.39. The van der Waals surface area contributed by atoms with Gasteiger partial charge in [0.05, 0.1) is 5.56 Å². The van der Waals surface area contributed by atoms with Gasteiger partial charge in [0.2, 0.25) is 0 Å². The van der Waals surface area contributed by atoms with Crippen molar-refractivity contribution in [1.82, 2.24) is 9.55 Å². The lowest BCUT2D eigenvalue weighted by molar-refractivity contribution is 0.100. The second kappa shape index (κ2) is 5.15. The number of aliphatic hydroxyl groups is 1. The van der Waals surface area contributed by atoms with Crippen molar-refractivity contribution in [3.05, 3.63) is 40.8 Å². The molecule has 0 spiro atoms. The van der Waals surface area contributed by atoms with Gasteiger partial charge in [-0.25, -0.2) is 4.98 Å². The number of amides is 1. The lowest BCUT2D eigenvalue weighted by Crippen LogP contribution is -2.17. The fourth-order valence-electron chi connectivity index (χ4n) is 3.22. The molecule has 1 aliphatic rings. The Morgan fingerprint density at radius 2 is 2.09 bits per heavy atom. The summed E-state index contributed by atoms with van der Waals surface area (Å²) >= 11 is 0. The Morgan fingerprint density at radius 3 is 2.74 bits per heavy atom. The van der Waals surface area contributed by atoms with Crippen LogP contribution in [0.15, 0.2) is 29.5 Å². The first-order valence-corrected chi connectivity index (χ1v) is 7.50. The molecule has 0 aliphatic heterocycles. The first-order valence-electron chi connectivity index (χ1n) is 7.50. The summed E-state index contributed by atoms with van der Waals surface area (Å²) in [5.41, 5.74) is 15.0. The Labute approximate surface area is 134 Å². The van der Waals surface area contributed by atoms with Crippen LogP contribution in [-0.4, -0.2) is 20.6 Å². The number of primary amides is 1. The van der Waals surface area contributed by atoms with E-state index in [1.165, 1.54) is 0 Å². The topological polar surface area (TPSA) is 107 Å². The average Bonchev–Trinajstić information content (AvgIpc) is 2.76. The number of hydrogen-bond donors (Lipinski definition) is 3. The number of nitrogen functional groups attached to an aromatic ring is 1. The average molecular weight is 312 g/mol. The highest BCUT2D eigenvalue weighted by Gasteiger charge is 2.27. The van der Waals surface area contributed by atoms with Crippen LogP contribution in [0, 0.1) is 12.8 Å². The van der Waals surface area contributed by atoms with Crippen molar-refractivity contribution in [2.24, 2.45) is 11.7 Å². The zero-order valence-corrected chi connectivity index (χ0v) is 13.4. The smallest absolute Gasteiger partial charge is 0.253 e. The van der Waals surface area contributed by atoms with Crippen LogP contribution >= 0.6 is 0 Å². The van der Waals surface area contributed by atoms with Crippen molar-refractivity contribution in [3.8, 4) is 0 Å². The molecule has 0 fully saturated rings. The number of aliphatic hydroxyl groups excluding tert-OH is 1. The molecular weight excluding hydrogens is 292 g/mol. The summed E-state index contributed by atoms with van der Waals surface area (Å²) in [5, 5.41) is 10.7. The zero-order valence-electron chi connectivity index (χ0n) is 13.4. The van der Waals surface area contributed by atoms with Crippen LogP contribution in [0.4, 0.5) is 5.82 Å². The zero-order chi connectivity index (χ0) is 16.9. The Balaban J connectivity index is 2.45. The third-order valence-corrected chi connectivity index (χ3v) is 4.38. The number of aromatic nitrogens is 2. The highest BCUT2D eigenvalue weighted by Crippen LogP contribution is 2.38. The first-order chi connectivity index (χ1) is 10.8. The largest absolute Gasteiger partial charge is 0.508 e. The molecule has 0 bridgehead atoms. The predicted octanol–water partition coefficient (Wildman–Crippen LogP) is 2.74. The quantitative estimate of drug-likeness (QED) is 0.792. The molecule has 120 valence electrons. The fraction of sp³-hybridized carbons (Fsp3) is 0.294. The Hall–Kier alpha value is -2.76. The Bertz CT molecular complexity index is 890. The van der Waals surface area contributed by atoms with Gasteiger partial charge in [0, 0.05) is 28.3 Å². The summed E-state index contributed by atoms with van der Waals surface area (Å²) in [4.78, 5) is 16.4. The monoisotopic (exact) mass is 312 g/mol. The van der Waals surface area contributed by atoms with Crippen molar-refractivity contribution < 1.29 is 9.90 Å². The van der Waals surface area contributed by atoms with Gasteiger partial charge in [0.25, 0.3) is 5.91 Å². The van der Waals surface area contributed by atoms with E-state index in [4.69, 9.17) is 11.5 Å². The molecule has 1 aliphatic carbocycles. The van der Waals surface area contributed by atoms with E-state index in [-0.39, 0.29) is 23.1 Å². The van der Waals surface area contributed by atoms with E-state index in [9.17, 15) is 9.90 Å². The number of nitrogens with zero attached hydrogens (tertiary/aromatic N) is 2. The minimum atomic E-state index is -0.585. The summed E-state index contributed by atoms with van der Waals surface area (Å²) in [5.74, 6) is 0.0411. The van der Waals surface area contributed by atoms with Crippen LogP contribution in [0.1, 0.15) is 36.3 Å². The van der Waals surface area contributed by atoms with Gasteiger partial charge in [-0.15, -0.1) is 0 Å². The molecule has 6 nitrogen and oxygen atoms in total. The second-order valence-electron chi connectivity index (χ2n) is 6.02. The summed E-state index contributed by atoms with van der Waals surface area (Å²) in [6, 6.07) is 3.63. The van der Waals surface area contributed by atoms with E-state index in [0.29, 0.717) is 17.5 Å². The number of rotatable bonds is 2. The van der Waals surface area contributed by atoms with Crippen molar-refractivity contribution in [2.45, 2.75) is 27.2 Å². The van der Waals surface area contributed by atoms with Crippen molar-refractivity contribution in [3.63, 3.8) is 0 Å². The van der Waals surface area contributed by atoms with Crippen molar-refractivity contribution in [1.29, 1.82) is 0 Å².